The highest BCUT2D eigenvalue weighted by molar-refractivity contribution is 5.02. The zero-order valence-electron chi connectivity index (χ0n) is 11.3. The fourth-order valence-corrected chi connectivity index (χ4v) is 2.48. The van der Waals surface area contributed by atoms with Crippen molar-refractivity contribution < 1.29 is 4.74 Å². The van der Waals surface area contributed by atoms with Crippen LogP contribution in [0, 0.1) is 5.41 Å². The molecule has 3 N–H and O–H groups in total. The molecule has 1 aliphatic rings. The van der Waals surface area contributed by atoms with Gasteiger partial charge in [-0.15, -0.1) is 0 Å². The van der Waals surface area contributed by atoms with Gasteiger partial charge in [0.2, 0.25) is 0 Å². The lowest BCUT2D eigenvalue weighted by atomic mass is 9.64. The topological polar surface area (TPSA) is 47.3 Å². The molecular weight excluding hydrogens is 200 g/mol. The number of nitrogens with one attached hydrogen (secondary N) is 1. The molecule has 0 saturated heterocycles. The van der Waals surface area contributed by atoms with E-state index in [2.05, 4.69) is 33.0 Å². The van der Waals surface area contributed by atoms with Gasteiger partial charge in [0.25, 0.3) is 0 Å². The Morgan fingerprint density at radius 1 is 1.44 bits per heavy atom. The van der Waals surface area contributed by atoms with Gasteiger partial charge in [-0.3, -0.25) is 0 Å². The third-order valence-corrected chi connectivity index (χ3v) is 3.83. The molecule has 0 amide bonds. The van der Waals surface area contributed by atoms with Gasteiger partial charge in [-0.1, -0.05) is 27.2 Å². The summed E-state index contributed by atoms with van der Waals surface area (Å²) in [6, 6.07) is 0.860. The van der Waals surface area contributed by atoms with Crippen LogP contribution in [0.5, 0.6) is 0 Å². The van der Waals surface area contributed by atoms with E-state index in [1.54, 1.807) is 0 Å². The van der Waals surface area contributed by atoms with Crippen molar-refractivity contribution in [3.8, 4) is 0 Å². The minimum atomic E-state index is 0.252. The number of hydrogen-bond acceptors (Lipinski definition) is 3. The Bertz CT molecular complexity index is 206. The monoisotopic (exact) mass is 228 g/mol. The Balaban J connectivity index is 2.25. The number of nitrogens with two attached hydrogens (primary N) is 1. The Kier molecular flexibility index (Phi) is 5.22. The van der Waals surface area contributed by atoms with Crippen LogP contribution in [0.1, 0.15) is 47.0 Å². The lowest BCUT2D eigenvalue weighted by Crippen LogP contribution is -2.62. The number of ether oxygens (including phenoxy) is 1. The quantitative estimate of drug-likeness (QED) is 0.700. The van der Waals surface area contributed by atoms with Gasteiger partial charge in [-0.25, -0.2) is 0 Å². The maximum Gasteiger partial charge on any atom is 0.0655 e. The smallest absolute Gasteiger partial charge is 0.0655 e. The maximum absolute atomic E-state index is 6.00. The van der Waals surface area contributed by atoms with E-state index in [1.807, 2.05) is 0 Å². The van der Waals surface area contributed by atoms with E-state index in [-0.39, 0.29) is 5.41 Å². The summed E-state index contributed by atoms with van der Waals surface area (Å²) >= 11 is 0. The molecule has 3 unspecified atom stereocenters. The Morgan fingerprint density at radius 3 is 2.62 bits per heavy atom. The normalized spacial score (nSPS) is 29.8. The molecule has 0 aliphatic heterocycles. The molecule has 3 nitrogen and oxygen atoms in total. The number of hydrogen-bond donors (Lipinski definition) is 2. The second-order valence-corrected chi connectivity index (χ2v) is 5.51. The number of rotatable bonds is 7. The van der Waals surface area contributed by atoms with Crippen molar-refractivity contribution in [2.75, 3.05) is 13.2 Å². The fraction of sp³-hybridized carbons (Fsp3) is 1.00. The van der Waals surface area contributed by atoms with Crippen LogP contribution < -0.4 is 11.1 Å². The van der Waals surface area contributed by atoms with Gasteiger partial charge in [0.1, 0.15) is 0 Å². The van der Waals surface area contributed by atoms with Crippen LogP contribution in [0.2, 0.25) is 0 Å². The summed E-state index contributed by atoms with van der Waals surface area (Å²) in [5, 5.41) is 3.58. The van der Waals surface area contributed by atoms with E-state index in [9.17, 15) is 0 Å². The van der Waals surface area contributed by atoms with Gasteiger partial charge in [-0.05, 0) is 19.8 Å². The first-order chi connectivity index (χ1) is 7.52. The van der Waals surface area contributed by atoms with Gasteiger partial charge in [-0.2, -0.15) is 0 Å². The third-order valence-electron chi connectivity index (χ3n) is 3.83. The van der Waals surface area contributed by atoms with Crippen LogP contribution in [0.25, 0.3) is 0 Å². The largest absolute Gasteiger partial charge is 0.378 e. The molecule has 3 heteroatoms. The van der Waals surface area contributed by atoms with Gasteiger partial charge in [0, 0.05) is 30.7 Å². The summed E-state index contributed by atoms with van der Waals surface area (Å²) in [5.74, 6) is 0. The molecule has 1 aliphatic carbocycles. The van der Waals surface area contributed by atoms with E-state index in [1.165, 1.54) is 6.42 Å². The first-order valence-corrected chi connectivity index (χ1v) is 6.62. The molecule has 16 heavy (non-hydrogen) atoms. The fourth-order valence-electron chi connectivity index (χ4n) is 2.48. The molecule has 0 aromatic rings. The molecule has 0 bridgehead atoms. The second-order valence-electron chi connectivity index (χ2n) is 5.51. The second kappa shape index (κ2) is 5.99. The van der Waals surface area contributed by atoms with Crippen molar-refractivity contribution in [3.05, 3.63) is 0 Å². The molecular formula is C13H28N2O. The van der Waals surface area contributed by atoms with E-state index in [0.29, 0.717) is 18.2 Å². The summed E-state index contributed by atoms with van der Waals surface area (Å²) in [4.78, 5) is 0. The summed E-state index contributed by atoms with van der Waals surface area (Å²) in [7, 11) is 0. The molecule has 1 fully saturated rings. The highest BCUT2D eigenvalue weighted by Gasteiger charge is 2.48. The molecule has 96 valence electrons. The van der Waals surface area contributed by atoms with Crippen LogP contribution in [0.4, 0.5) is 0 Å². The zero-order valence-corrected chi connectivity index (χ0v) is 11.3. The molecule has 0 radical (unpaired) electrons. The van der Waals surface area contributed by atoms with Gasteiger partial charge in [0.05, 0.1) is 6.10 Å². The van der Waals surface area contributed by atoms with Gasteiger partial charge in [0.15, 0.2) is 0 Å². The van der Waals surface area contributed by atoms with Crippen molar-refractivity contribution in [1.82, 2.24) is 5.32 Å². The lowest BCUT2D eigenvalue weighted by molar-refractivity contribution is -0.114. The van der Waals surface area contributed by atoms with E-state index < -0.39 is 0 Å². The standard InChI is InChI=1S/C13H28N2O/c1-5-7-10(14)9-15-11-8-12(16-6-2)13(11,3)4/h10-12,15H,5-9,14H2,1-4H3. The average molecular weight is 228 g/mol. The van der Waals surface area contributed by atoms with Gasteiger partial charge < -0.3 is 15.8 Å². The predicted molar refractivity (Wildman–Crippen MR) is 68.5 cm³/mol. The SMILES string of the molecule is CCCC(N)CNC1CC(OCC)C1(C)C. The molecule has 1 saturated carbocycles. The highest BCUT2D eigenvalue weighted by atomic mass is 16.5. The summed E-state index contributed by atoms with van der Waals surface area (Å²) in [6.07, 6.45) is 3.81. The van der Waals surface area contributed by atoms with Crippen LogP contribution in [-0.2, 0) is 4.74 Å². The van der Waals surface area contributed by atoms with Crippen LogP contribution in [-0.4, -0.2) is 31.3 Å². The van der Waals surface area contributed by atoms with Crippen molar-refractivity contribution in [2.24, 2.45) is 11.1 Å². The minimum Gasteiger partial charge on any atom is -0.378 e. The lowest BCUT2D eigenvalue weighted by Gasteiger charge is -2.52. The van der Waals surface area contributed by atoms with Crippen LogP contribution >= 0.6 is 0 Å². The first kappa shape index (κ1) is 13.9. The summed E-state index contributed by atoms with van der Waals surface area (Å²) in [6.45, 7) is 10.5. The summed E-state index contributed by atoms with van der Waals surface area (Å²) < 4.78 is 5.71. The Morgan fingerprint density at radius 2 is 2.12 bits per heavy atom. The summed E-state index contributed by atoms with van der Waals surface area (Å²) in [5.41, 5.74) is 6.25. The molecule has 0 heterocycles. The Hall–Kier alpha value is -0.120. The van der Waals surface area contributed by atoms with Gasteiger partial charge >= 0.3 is 0 Å². The molecule has 3 atom stereocenters. The van der Waals surface area contributed by atoms with Crippen LogP contribution in [0.3, 0.4) is 0 Å². The molecule has 1 rings (SSSR count). The van der Waals surface area contributed by atoms with Crippen LogP contribution in [0.15, 0.2) is 0 Å². The molecule has 0 spiro atoms. The van der Waals surface area contributed by atoms with E-state index in [0.717, 1.165) is 26.0 Å². The predicted octanol–water partition coefficient (Wildman–Crippen LogP) is 1.91. The Labute approximate surface area is 100 Å². The third kappa shape index (κ3) is 3.19. The van der Waals surface area contributed by atoms with Crippen molar-refractivity contribution >= 4 is 0 Å². The zero-order chi connectivity index (χ0) is 12.2. The van der Waals surface area contributed by atoms with Crippen molar-refractivity contribution in [2.45, 2.75) is 65.1 Å². The minimum absolute atomic E-state index is 0.252. The highest BCUT2D eigenvalue weighted by Crippen LogP contribution is 2.42. The van der Waals surface area contributed by atoms with Crippen molar-refractivity contribution in [3.63, 3.8) is 0 Å². The average Bonchev–Trinajstić information content (AvgIpc) is 2.22. The maximum atomic E-state index is 6.00. The van der Waals surface area contributed by atoms with E-state index >= 15 is 0 Å². The first-order valence-electron chi connectivity index (χ1n) is 6.62. The molecule has 0 aromatic heterocycles. The van der Waals surface area contributed by atoms with Crippen molar-refractivity contribution in [1.29, 1.82) is 0 Å². The van der Waals surface area contributed by atoms with E-state index in [4.69, 9.17) is 10.5 Å². The molecule has 0 aromatic carbocycles.